The van der Waals surface area contributed by atoms with Gasteiger partial charge in [-0.2, -0.15) is 8.42 Å². The minimum absolute atomic E-state index is 0.113. The maximum Gasteiger partial charge on any atom is 0.632 e. The molecule has 1 heterocycles. The third-order valence-electron chi connectivity index (χ3n) is 5.43. The summed E-state index contributed by atoms with van der Waals surface area (Å²) in [7, 11) is -6.07. The van der Waals surface area contributed by atoms with Crippen LogP contribution < -0.4 is 20.1 Å². The lowest BCUT2D eigenvalue weighted by molar-refractivity contribution is -0.111. The molecule has 168 valence electrons. The number of hydrogen-bond donors (Lipinski definition) is 2. The van der Waals surface area contributed by atoms with E-state index in [9.17, 15) is 27.4 Å². The monoisotopic (exact) mass is 475 g/mol. The van der Waals surface area contributed by atoms with E-state index in [1.54, 1.807) is 30.3 Å². The number of rotatable bonds is 4. The van der Waals surface area contributed by atoms with E-state index in [-0.39, 0.29) is 33.8 Å². The van der Waals surface area contributed by atoms with E-state index in [0.717, 1.165) is 12.1 Å². The molecule has 0 aromatic heterocycles. The molecule has 0 bridgehead atoms. The second-order valence-corrected chi connectivity index (χ2v) is 8.91. The van der Waals surface area contributed by atoms with Crippen molar-refractivity contribution in [1.82, 2.24) is 0 Å². The zero-order chi connectivity index (χ0) is 24.2. The van der Waals surface area contributed by atoms with Gasteiger partial charge in [0.15, 0.2) is 23.1 Å². The van der Waals surface area contributed by atoms with Gasteiger partial charge in [-0.15, -0.1) is 0 Å². The van der Waals surface area contributed by atoms with Crippen LogP contribution in [0.1, 0.15) is 31.8 Å². The van der Waals surface area contributed by atoms with Crippen molar-refractivity contribution in [3.8, 4) is 11.5 Å². The van der Waals surface area contributed by atoms with Gasteiger partial charge < -0.3 is 14.6 Å². The summed E-state index contributed by atoms with van der Waals surface area (Å²) >= 11 is 0. The van der Waals surface area contributed by atoms with Crippen LogP contribution in [0.5, 0.6) is 11.5 Å². The van der Waals surface area contributed by atoms with Gasteiger partial charge in [0, 0.05) is 27.8 Å². The zero-order valence-corrected chi connectivity index (χ0v) is 18.1. The molecule has 34 heavy (non-hydrogen) atoms. The number of benzene rings is 3. The van der Waals surface area contributed by atoms with Crippen LogP contribution in [0.2, 0.25) is 0 Å². The Balaban J connectivity index is 1.65. The van der Waals surface area contributed by atoms with Gasteiger partial charge in [-0.25, -0.2) is 0 Å². The summed E-state index contributed by atoms with van der Waals surface area (Å²) in [5.74, 6) is -2.21. The first-order valence-corrected chi connectivity index (χ1v) is 11.4. The quantitative estimate of drug-likeness (QED) is 0.260. The lowest BCUT2D eigenvalue weighted by Gasteiger charge is -2.20. The van der Waals surface area contributed by atoms with Gasteiger partial charge >= 0.3 is 7.12 Å². The average molecular weight is 475 g/mol. The van der Waals surface area contributed by atoms with Crippen molar-refractivity contribution >= 4 is 45.9 Å². The number of ketones is 2. The van der Waals surface area contributed by atoms with Crippen LogP contribution in [0.4, 0.5) is 5.69 Å². The molecule has 0 saturated heterocycles. The molecule has 5 rings (SSSR count). The van der Waals surface area contributed by atoms with Gasteiger partial charge in [0.25, 0.3) is 10.1 Å². The molecule has 0 saturated carbocycles. The largest absolute Gasteiger partial charge is 0.632 e. The molecule has 0 atom stereocenters. The lowest BCUT2D eigenvalue weighted by Crippen LogP contribution is -2.39. The minimum atomic E-state index is -4.85. The smallest absolute Gasteiger partial charge is 0.519 e. The van der Waals surface area contributed by atoms with E-state index >= 15 is 0 Å². The first-order chi connectivity index (χ1) is 16.2. The SMILES string of the molecule is C=CC(=O)Nc1cccc(B2Oc3c(S(=O)(=O)O)cc4c(c3O2)C(=O)c2ccccc2C4=O)c1. The predicted molar refractivity (Wildman–Crippen MR) is 121 cm³/mol. The van der Waals surface area contributed by atoms with Gasteiger partial charge in [-0.1, -0.05) is 43.0 Å². The number of carbonyl (C=O) groups excluding carboxylic acids is 3. The highest BCUT2D eigenvalue weighted by Crippen LogP contribution is 2.47. The zero-order valence-electron chi connectivity index (χ0n) is 17.3. The second-order valence-electron chi connectivity index (χ2n) is 7.52. The van der Waals surface area contributed by atoms with E-state index in [4.69, 9.17) is 9.31 Å². The van der Waals surface area contributed by atoms with Crippen LogP contribution in [0, 0.1) is 0 Å². The van der Waals surface area contributed by atoms with Gasteiger partial charge in [0.2, 0.25) is 5.91 Å². The molecule has 9 nitrogen and oxygen atoms in total. The number of fused-ring (bicyclic) bond motifs is 4. The van der Waals surface area contributed by atoms with E-state index in [0.29, 0.717) is 11.2 Å². The Labute approximate surface area is 193 Å². The number of anilines is 1. The summed E-state index contributed by atoms with van der Waals surface area (Å²) < 4.78 is 45.6. The Bertz CT molecular complexity index is 1550. The fourth-order valence-electron chi connectivity index (χ4n) is 3.93. The number of carbonyl (C=O) groups is 3. The Kier molecular flexibility index (Phi) is 4.89. The number of hydrogen-bond acceptors (Lipinski definition) is 7. The second kappa shape index (κ2) is 7.68. The number of nitrogens with one attached hydrogen (secondary N) is 1. The van der Waals surface area contributed by atoms with Crippen molar-refractivity contribution in [2.75, 3.05) is 5.32 Å². The fraction of sp³-hybridized carbons (Fsp3) is 0. The van der Waals surface area contributed by atoms with Crippen molar-refractivity contribution in [2.24, 2.45) is 0 Å². The summed E-state index contributed by atoms with van der Waals surface area (Å²) in [6.07, 6.45) is 1.09. The van der Waals surface area contributed by atoms with E-state index in [2.05, 4.69) is 11.9 Å². The highest BCUT2D eigenvalue weighted by Gasteiger charge is 2.44. The summed E-state index contributed by atoms with van der Waals surface area (Å²) in [4.78, 5) is 37.3. The summed E-state index contributed by atoms with van der Waals surface area (Å²) in [6, 6.07) is 13.4. The average Bonchev–Trinajstić information content (AvgIpc) is 3.26. The molecule has 3 aromatic rings. The van der Waals surface area contributed by atoms with Crippen LogP contribution >= 0.6 is 0 Å². The Morgan fingerprint density at radius 2 is 1.62 bits per heavy atom. The summed E-state index contributed by atoms with van der Waals surface area (Å²) in [5.41, 5.74) is 0.659. The first kappa shape index (κ1) is 21.6. The van der Waals surface area contributed by atoms with Gasteiger partial charge in [0.1, 0.15) is 4.90 Å². The molecule has 0 spiro atoms. The predicted octanol–water partition coefficient (Wildman–Crippen LogP) is 2.00. The highest BCUT2D eigenvalue weighted by molar-refractivity contribution is 7.86. The number of amides is 1. The highest BCUT2D eigenvalue weighted by atomic mass is 32.2. The third-order valence-corrected chi connectivity index (χ3v) is 6.29. The van der Waals surface area contributed by atoms with Crippen molar-refractivity contribution in [3.63, 3.8) is 0 Å². The maximum absolute atomic E-state index is 13.3. The Hall–Kier alpha value is -4.22. The molecule has 2 aliphatic rings. The Morgan fingerprint density at radius 1 is 0.941 bits per heavy atom. The van der Waals surface area contributed by atoms with Crippen LogP contribution in [0.3, 0.4) is 0 Å². The molecule has 11 heteroatoms. The van der Waals surface area contributed by atoms with Crippen LogP contribution in [-0.2, 0) is 14.9 Å². The Morgan fingerprint density at radius 3 is 2.29 bits per heavy atom. The molecule has 0 unspecified atom stereocenters. The van der Waals surface area contributed by atoms with Crippen molar-refractivity contribution in [3.05, 3.63) is 89.5 Å². The van der Waals surface area contributed by atoms with Gasteiger partial charge in [0.05, 0.1) is 5.56 Å². The van der Waals surface area contributed by atoms with Crippen LogP contribution in [0.15, 0.2) is 72.1 Å². The van der Waals surface area contributed by atoms with Crippen molar-refractivity contribution < 1.29 is 36.7 Å². The van der Waals surface area contributed by atoms with E-state index < -0.39 is 39.6 Å². The molecule has 1 aliphatic heterocycles. The van der Waals surface area contributed by atoms with E-state index in [1.165, 1.54) is 18.2 Å². The molecular weight excluding hydrogens is 461 g/mol. The third kappa shape index (κ3) is 3.38. The molecule has 0 radical (unpaired) electrons. The summed E-state index contributed by atoms with van der Waals surface area (Å²) in [5, 5.41) is 2.58. The van der Waals surface area contributed by atoms with Crippen molar-refractivity contribution in [1.29, 1.82) is 0 Å². The van der Waals surface area contributed by atoms with E-state index in [1.807, 2.05) is 0 Å². The molecule has 1 aliphatic carbocycles. The summed E-state index contributed by atoms with van der Waals surface area (Å²) in [6.45, 7) is 3.39. The molecular formula is C23H14BNO8S. The normalized spacial score (nSPS) is 13.9. The molecule has 1 amide bonds. The van der Waals surface area contributed by atoms with Gasteiger partial charge in [-0.3, -0.25) is 18.9 Å². The first-order valence-electron chi connectivity index (χ1n) is 9.92. The van der Waals surface area contributed by atoms with Gasteiger partial charge in [-0.05, 0) is 24.3 Å². The topological polar surface area (TPSA) is 136 Å². The fourth-order valence-corrected chi connectivity index (χ4v) is 4.57. The molecule has 3 aromatic carbocycles. The lowest BCUT2D eigenvalue weighted by atomic mass is 9.79. The molecule has 0 fully saturated rings. The minimum Gasteiger partial charge on any atom is -0.519 e. The standard InChI is InChI=1S/C23H14BNO8S/c1-2-18(26)25-13-7-5-6-12(10-13)24-32-22-17(34(29,30)31)11-16-19(23(22)33-24)21(28)15-9-4-3-8-14(15)20(16)27/h2-11H,1H2,(H,25,26)(H,29,30,31). The maximum atomic E-state index is 13.3. The van der Waals surface area contributed by atoms with Crippen LogP contribution in [0.25, 0.3) is 0 Å². The van der Waals surface area contributed by atoms with Crippen LogP contribution in [-0.4, -0.2) is 37.6 Å². The van der Waals surface area contributed by atoms with Crippen molar-refractivity contribution in [2.45, 2.75) is 4.90 Å². The molecule has 2 N–H and O–H groups in total.